The molecular formula is C17H24N2O4. The van der Waals surface area contributed by atoms with Gasteiger partial charge in [-0.25, -0.2) is 0 Å². The minimum atomic E-state index is -0.491. The van der Waals surface area contributed by atoms with Crippen molar-refractivity contribution in [3.05, 3.63) is 24.3 Å². The minimum absolute atomic E-state index is 0.116. The van der Waals surface area contributed by atoms with Crippen molar-refractivity contribution in [3.63, 3.8) is 0 Å². The zero-order valence-corrected chi connectivity index (χ0v) is 13.6. The van der Waals surface area contributed by atoms with Gasteiger partial charge in [0.05, 0.1) is 17.7 Å². The SMILES string of the molecule is CC(C)OCCCNC(=O)CC1COc2ccccc2NC1=O. The van der Waals surface area contributed by atoms with E-state index >= 15 is 0 Å². The molecule has 6 nitrogen and oxygen atoms in total. The summed E-state index contributed by atoms with van der Waals surface area (Å²) < 4.78 is 11.0. The molecule has 23 heavy (non-hydrogen) atoms. The summed E-state index contributed by atoms with van der Waals surface area (Å²) in [5.41, 5.74) is 0.645. The monoisotopic (exact) mass is 320 g/mol. The van der Waals surface area contributed by atoms with Crippen LogP contribution in [0.15, 0.2) is 24.3 Å². The molecule has 1 atom stereocenters. The fourth-order valence-electron chi connectivity index (χ4n) is 2.26. The Hall–Kier alpha value is -2.08. The molecule has 126 valence electrons. The summed E-state index contributed by atoms with van der Waals surface area (Å²) in [6.07, 6.45) is 1.06. The van der Waals surface area contributed by atoms with Gasteiger partial charge in [-0.3, -0.25) is 9.59 Å². The minimum Gasteiger partial charge on any atom is -0.491 e. The molecule has 1 aromatic rings. The molecule has 0 fully saturated rings. The zero-order valence-electron chi connectivity index (χ0n) is 13.6. The predicted octanol–water partition coefficient (Wildman–Crippen LogP) is 1.96. The Morgan fingerprint density at radius 2 is 2.22 bits per heavy atom. The number of anilines is 1. The Bertz CT molecular complexity index is 545. The molecule has 1 aliphatic heterocycles. The largest absolute Gasteiger partial charge is 0.491 e. The zero-order chi connectivity index (χ0) is 16.7. The summed E-state index contributed by atoms with van der Waals surface area (Å²) >= 11 is 0. The van der Waals surface area contributed by atoms with Gasteiger partial charge in [-0.2, -0.15) is 0 Å². The van der Waals surface area contributed by atoms with E-state index < -0.39 is 5.92 Å². The molecule has 0 radical (unpaired) electrons. The number of nitrogens with one attached hydrogen (secondary N) is 2. The Kier molecular flexibility index (Phi) is 6.40. The van der Waals surface area contributed by atoms with E-state index in [9.17, 15) is 9.59 Å². The fraction of sp³-hybridized carbons (Fsp3) is 0.529. The van der Waals surface area contributed by atoms with E-state index in [0.717, 1.165) is 6.42 Å². The van der Waals surface area contributed by atoms with Gasteiger partial charge >= 0.3 is 0 Å². The number of carbonyl (C=O) groups is 2. The Labute approximate surface area is 136 Å². The van der Waals surface area contributed by atoms with Crippen LogP contribution in [0, 0.1) is 5.92 Å². The van der Waals surface area contributed by atoms with Crippen molar-refractivity contribution in [2.24, 2.45) is 5.92 Å². The maximum absolute atomic E-state index is 12.2. The number of carbonyl (C=O) groups excluding carboxylic acids is 2. The van der Waals surface area contributed by atoms with Crippen molar-refractivity contribution in [1.82, 2.24) is 5.32 Å². The van der Waals surface area contributed by atoms with E-state index in [1.807, 2.05) is 26.0 Å². The van der Waals surface area contributed by atoms with Crippen LogP contribution in [0.2, 0.25) is 0 Å². The van der Waals surface area contributed by atoms with Crippen LogP contribution in [-0.4, -0.2) is 37.7 Å². The molecule has 0 saturated heterocycles. The molecule has 1 aliphatic rings. The Morgan fingerprint density at radius 3 is 3.00 bits per heavy atom. The van der Waals surface area contributed by atoms with Crippen molar-refractivity contribution in [3.8, 4) is 5.75 Å². The van der Waals surface area contributed by atoms with Crippen molar-refractivity contribution >= 4 is 17.5 Å². The van der Waals surface area contributed by atoms with E-state index in [2.05, 4.69) is 10.6 Å². The van der Waals surface area contributed by atoms with Gasteiger partial charge in [0, 0.05) is 19.6 Å². The van der Waals surface area contributed by atoms with Crippen molar-refractivity contribution in [2.45, 2.75) is 32.8 Å². The Morgan fingerprint density at radius 1 is 1.43 bits per heavy atom. The van der Waals surface area contributed by atoms with Gasteiger partial charge in [0.15, 0.2) is 0 Å². The van der Waals surface area contributed by atoms with E-state index in [1.165, 1.54) is 0 Å². The summed E-state index contributed by atoms with van der Waals surface area (Å²) in [4.78, 5) is 24.1. The molecule has 1 aromatic carbocycles. The average Bonchev–Trinajstić information content (AvgIpc) is 2.66. The molecule has 2 amide bonds. The average molecular weight is 320 g/mol. The molecule has 0 bridgehead atoms. The van der Waals surface area contributed by atoms with Crippen LogP contribution >= 0.6 is 0 Å². The summed E-state index contributed by atoms with van der Waals surface area (Å²) in [7, 11) is 0. The second-order valence-corrected chi connectivity index (χ2v) is 5.82. The number of fused-ring (bicyclic) bond motifs is 1. The second kappa shape index (κ2) is 8.53. The molecule has 0 saturated carbocycles. The third kappa shape index (κ3) is 5.56. The number of para-hydroxylation sites is 2. The van der Waals surface area contributed by atoms with Crippen molar-refractivity contribution in [1.29, 1.82) is 0 Å². The van der Waals surface area contributed by atoms with Crippen molar-refractivity contribution < 1.29 is 19.1 Å². The van der Waals surface area contributed by atoms with E-state index in [4.69, 9.17) is 9.47 Å². The van der Waals surface area contributed by atoms with Gasteiger partial charge in [0.2, 0.25) is 11.8 Å². The first-order valence-corrected chi connectivity index (χ1v) is 7.97. The van der Waals surface area contributed by atoms with Gasteiger partial charge in [-0.15, -0.1) is 0 Å². The third-order valence-corrected chi connectivity index (χ3v) is 3.48. The van der Waals surface area contributed by atoms with Crippen LogP contribution in [0.4, 0.5) is 5.69 Å². The number of hydrogen-bond acceptors (Lipinski definition) is 4. The van der Waals surface area contributed by atoms with E-state index in [0.29, 0.717) is 24.6 Å². The first kappa shape index (κ1) is 17.3. The van der Waals surface area contributed by atoms with Crippen LogP contribution in [-0.2, 0) is 14.3 Å². The summed E-state index contributed by atoms with van der Waals surface area (Å²) in [6.45, 7) is 5.30. The lowest BCUT2D eigenvalue weighted by Crippen LogP contribution is -2.33. The van der Waals surface area contributed by atoms with Crippen LogP contribution < -0.4 is 15.4 Å². The quantitative estimate of drug-likeness (QED) is 0.753. The number of hydrogen-bond donors (Lipinski definition) is 2. The van der Waals surface area contributed by atoms with Crippen LogP contribution in [0.25, 0.3) is 0 Å². The molecule has 1 heterocycles. The molecule has 0 spiro atoms. The molecule has 2 rings (SSSR count). The number of ether oxygens (including phenoxy) is 2. The number of benzene rings is 1. The van der Waals surface area contributed by atoms with Crippen LogP contribution in [0.3, 0.4) is 0 Å². The molecular weight excluding hydrogens is 296 g/mol. The summed E-state index contributed by atoms with van der Waals surface area (Å²) in [5.74, 6) is -0.193. The maximum Gasteiger partial charge on any atom is 0.231 e. The highest BCUT2D eigenvalue weighted by Gasteiger charge is 2.26. The molecule has 0 aliphatic carbocycles. The highest BCUT2D eigenvalue weighted by atomic mass is 16.5. The van der Waals surface area contributed by atoms with E-state index in [1.54, 1.807) is 12.1 Å². The topological polar surface area (TPSA) is 76.7 Å². The fourth-order valence-corrected chi connectivity index (χ4v) is 2.26. The summed E-state index contributed by atoms with van der Waals surface area (Å²) in [6, 6.07) is 7.25. The second-order valence-electron chi connectivity index (χ2n) is 5.82. The van der Waals surface area contributed by atoms with Gasteiger partial charge in [-0.05, 0) is 32.4 Å². The smallest absolute Gasteiger partial charge is 0.231 e. The first-order chi connectivity index (χ1) is 11.1. The van der Waals surface area contributed by atoms with Gasteiger partial charge < -0.3 is 20.1 Å². The highest BCUT2D eigenvalue weighted by Crippen LogP contribution is 2.28. The van der Waals surface area contributed by atoms with Gasteiger partial charge in [0.1, 0.15) is 12.4 Å². The molecule has 6 heteroatoms. The normalized spacial score (nSPS) is 17.0. The van der Waals surface area contributed by atoms with E-state index in [-0.39, 0.29) is 30.9 Å². The Balaban J connectivity index is 1.75. The first-order valence-electron chi connectivity index (χ1n) is 7.97. The van der Waals surface area contributed by atoms with Crippen LogP contribution in [0.5, 0.6) is 5.75 Å². The maximum atomic E-state index is 12.2. The van der Waals surface area contributed by atoms with Gasteiger partial charge in [0.25, 0.3) is 0 Å². The lowest BCUT2D eigenvalue weighted by molar-refractivity contribution is -0.128. The van der Waals surface area contributed by atoms with Crippen LogP contribution in [0.1, 0.15) is 26.7 Å². The highest BCUT2D eigenvalue weighted by molar-refractivity contribution is 5.97. The van der Waals surface area contributed by atoms with Crippen molar-refractivity contribution in [2.75, 3.05) is 25.1 Å². The molecule has 0 aromatic heterocycles. The molecule has 1 unspecified atom stereocenters. The lowest BCUT2D eigenvalue weighted by atomic mass is 10.1. The standard InChI is InChI=1S/C17H24N2O4/c1-12(2)22-9-5-8-18-16(20)10-13-11-23-15-7-4-3-6-14(15)19-17(13)21/h3-4,6-7,12-13H,5,8-11H2,1-2H3,(H,18,20)(H,19,21). The number of amides is 2. The number of rotatable bonds is 7. The molecule has 2 N–H and O–H groups in total. The third-order valence-electron chi connectivity index (χ3n) is 3.48. The van der Waals surface area contributed by atoms with Gasteiger partial charge in [-0.1, -0.05) is 12.1 Å². The predicted molar refractivity (Wildman–Crippen MR) is 87.4 cm³/mol. The summed E-state index contributed by atoms with van der Waals surface area (Å²) in [5, 5.41) is 5.61. The lowest BCUT2D eigenvalue weighted by Gasteiger charge is -2.13.